The summed E-state index contributed by atoms with van der Waals surface area (Å²) >= 11 is 5.78. The van der Waals surface area contributed by atoms with Crippen LogP contribution in [0.25, 0.3) is 0 Å². The highest BCUT2D eigenvalue weighted by Crippen LogP contribution is 2.09. The molecule has 0 bridgehead atoms. The zero-order valence-corrected chi connectivity index (χ0v) is 16.4. The average molecular weight is 400 g/mol. The maximum atomic E-state index is 11.9. The monoisotopic (exact) mass is 399 g/mol. The molecular formula is C18H26ClN3O5. The zero-order chi connectivity index (χ0) is 20.4. The Labute approximate surface area is 163 Å². The van der Waals surface area contributed by atoms with E-state index in [-0.39, 0.29) is 26.1 Å². The van der Waals surface area contributed by atoms with Crippen molar-refractivity contribution in [2.45, 2.75) is 45.4 Å². The molecule has 0 aliphatic heterocycles. The summed E-state index contributed by atoms with van der Waals surface area (Å²) in [6.45, 7) is 5.69. The van der Waals surface area contributed by atoms with Crippen LogP contribution in [0, 0.1) is 0 Å². The maximum absolute atomic E-state index is 11.9. The molecule has 1 unspecified atom stereocenters. The average Bonchev–Trinajstić information content (AvgIpc) is 2.57. The Morgan fingerprint density at radius 1 is 1.15 bits per heavy atom. The lowest BCUT2D eigenvalue weighted by Crippen LogP contribution is -2.47. The summed E-state index contributed by atoms with van der Waals surface area (Å²) in [5.74, 6) is -1.76. The lowest BCUT2D eigenvalue weighted by Gasteiger charge is -2.21. The summed E-state index contributed by atoms with van der Waals surface area (Å²) in [5.41, 5.74) is 0.459. The fourth-order valence-electron chi connectivity index (χ4n) is 1.99. The number of benzene rings is 1. The first-order valence-electron chi connectivity index (χ1n) is 8.49. The minimum atomic E-state index is -1.16. The molecular weight excluding hydrogens is 374 g/mol. The summed E-state index contributed by atoms with van der Waals surface area (Å²) in [6, 6.07) is 5.33. The number of nitrogens with one attached hydrogen (secondary N) is 3. The van der Waals surface area contributed by atoms with E-state index in [9.17, 15) is 19.5 Å². The van der Waals surface area contributed by atoms with Gasteiger partial charge in [-0.1, -0.05) is 23.7 Å². The Morgan fingerprint density at radius 3 is 2.33 bits per heavy atom. The van der Waals surface area contributed by atoms with Crippen molar-refractivity contribution < 1.29 is 24.2 Å². The highest BCUT2D eigenvalue weighted by molar-refractivity contribution is 6.30. The first-order valence-corrected chi connectivity index (χ1v) is 8.87. The lowest BCUT2D eigenvalue weighted by molar-refractivity contribution is -0.142. The summed E-state index contributed by atoms with van der Waals surface area (Å²) in [6.07, 6.45) is 0.126. The molecule has 9 heteroatoms. The van der Waals surface area contributed by atoms with Crippen molar-refractivity contribution in [2.24, 2.45) is 0 Å². The Kier molecular flexibility index (Phi) is 9.04. The van der Waals surface area contributed by atoms with Crippen molar-refractivity contribution >= 4 is 29.5 Å². The predicted octanol–water partition coefficient (Wildman–Crippen LogP) is 1.91. The van der Waals surface area contributed by atoms with Crippen molar-refractivity contribution in [3.63, 3.8) is 0 Å². The van der Waals surface area contributed by atoms with E-state index in [1.165, 1.54) is 0 Å². The molecule has 1 atom stereocenters. The second-order valence-corrected chi connectivity index (χ2v) is 7.31. The lowest BCUT2D eigenvalue weighted by atomic mass is 10.2. The maximum Gasteiger partial charge on any atom is 0.326 e. The molecule has 0 spiro atoms. The molecule has 0 saturated heterocycles. The number of carboxylic acids is 1. The van der Waals surface area contributed by atoms with Crippen LogP contribution in [-0.2, 0) is 20.9 Å². The molecule has 27 heavy (non-hydrogen) atoms. The second-order valence-electron chi connectivity index (χ2n) is 6.87. The van der Waals surface area contributed by atoms with Gasteiger partial charge in [0.05, 0.1) is 12.1 Å². The molecule has 150 valence electrons. The van der Waals surface area contributed by atoms with E-state index in [1.807, 2.05) is 20.8 Å². The Balaban J connectivity index is 2.33. The van der Waals surface area contributed by atoms with E-state index in [0.29, 0.717) is 5.02 Å². The fraction of sp³-hybridized carbons (Fsp3) is 0.500. The van der Waals surface area contributed by atoms with E-state index in [0.717, 1.165) is 5.56 Å². The van der Waals surface area contributed by atoms with Gasteiger partial charge in [0.2, 0.25) is 5.91 Å². The van der Waals surface area contributed by atoms with Crippen molar-refractivity contribution in [1.29, 1.82) is 0 Å². The van der Waals surface area contributed by atoms with Crippen LogP contribution < -0.4 is 16.0 Å². The van der Waals surface area contributed by atoms with Crippen LogP contribution in [0.15, 0.2) is 24.3 Å². The van der Waals surface area contributed by atoms with E-state index in [4.69, 9.17) is 16.3 Å². The summed E-state index contributed by atoms with van der Waals surface area (Å²) in [7, 11) is 0. The highest BCUT2D eigenvalue weighted by Gasteiger charge is 2.21. The number of rotatable bonds is 9. The summed E-state index contributed by atoms with van der Waals surface area (Å²) < 4.78 is 5.47. The molecule has 0 heterocycles. The SMILES string of the molecule is CC(C)(C)OCCC(NC(=O)CNC(=O)NCc1ccc(Cl)cc1)C(=O)O. The number of carbonyl (C=O) groups is 3. The van der Waals surface area contributed by atoms with Crippen LogP contribution >= 0.6 is 11.6 Å². The number of hydrogen-bond acceptors (Lipinski definition) is 4. The molecule has 3 amide bonds. The topological polar surface area (TPSA) is 117 Å². The minimum Gasteiger partial charge on any atom is -0.480 e. The molecule has 1 aromatic rings. The Morgan fingerprint density at radius 2 is 1.78 bits per heavy atom. The number of aliphatic carboxylic acids is 1. The molecule has 0 aliphatic carbocycles. The summed E-state index contributed by atoms with van der Waals surface area (Å²) in [4.78, 5) is 34.8. The normalized spacial score (nSPS) is 12.1. The van der Waals surface area contributed by atoms with Crippen LogP contribution in [0.1, 0.15) is 32.8 Å². The first kappa shape index (κ1) is 22.7. The molecule has 4 N–H and O–H groups in total. The van der Waals surface area contributed by atoms with E-state index in [1.54, 1.807) is 24.3 Å². The van der Waals surface area contributed by atoms with Gasteiger partial charge in [0.15, 0.2) is 0 Å². The van der Waals surface area contributed by atoms with Crippen molar-refractivity contribution in [3.05, 3.63) is 34.9 Å². The summed E-state index contributed by atoms with van der Waals surface area (Å²) in [5, 5.41) is 17.1. The van der Waals surface area contributed by atoms with Crippen LogP contribution in [0.3, 0.4) is 0 Å². The number of urea groups is 1. The Hall–Kier alpha value is -2.32. The van der Waals surface area contributed by atoms with Crippen LogP contribution in [0.4, 0.5) is 4.79 Å². The minimum absolute atomic E-state index is 0.126. The van der Waals surface area contributed by atoms with E-state index >= 15 is 0 Å². The molecule has 1 rings (SSSR count). The Bertz CT molecular complexity index is 643. The van der Waals surface area contributed by atoms with Crippen LogP contribution in [0.5, 0.6) is 0 Å². The van der Waals surface area contributed by atoms with Gasteiger partial charge < -0.3 is 25.8 Å². The van der Waals surface area contributed by atoms with Gasteiger partial charge in [-0.3, -0.25) is 4.79 Å². The van der Waals surface area contributed by atoms with Gasteiger partial charge in [-0.2, -0.15) is 0 Å². The van der Waals surface area contributed by atoms with Gasteiger partial charge >= 0.3 is 12.0 Å². The van der Waals surface area contributed by atoms with Gasteiger partial charge in [-0.05, 0) is 38.5 Å². The first-order chi connectivity index (χ1) is 12.6. The van der Waals surface area contributed by atoms with Gasteiger partial charge in [0, 0.05) is 24.6 Å². The molecule has 0 fully saturated rings. The smallest absolute Gasteiger partial charge is 0.326 e. The van der Waals surface area contributed by atoms with Crippen molar-refractivity contribution in [2.75, 3.05) is 13.2 Å². The third-order valence-corrected chi connectivity index (χ3v) is 3.60. The van der Waals surface area contributed by atoms with E-state index in [2.05, 4.69) is 16.0 Å². The third-order valence-electron chi connectivity index (χ3n) is 3.35. The van der Waals surface area contributed by atoms with Crippen molar-refractivity contribution in [1.82, 2.24) is 16.0 Å². The molecule has 0 aliphatic rings. The third kappa shape index (κ3) is 10.4. The number of carboxylic acid groups (broad SMARTS) is 1. The molecule has 0 radical (unpaired) electrons. The van der Waals surface area contributed by atoms with E-state index < -0.39 is 29.6 Å². The highest BCUT2D eigenvalue weighted by atomic mass is 35.5. The molecule has 0 saturated carbocycles. The van der Waals surface area contributed by atoms with Gasteiger partial charge in [-0.25, -0.2) is 9.59 Å². The number of hydrogen-bond donors (Lipinski definition) is 4. The van der Waals surface area contributed by atoms with Gasteiger partial charge in [0.1, 0.15) is 6.04 Å². The quantitative estimate of drug-likeness (QED) is 0.506. The fourth-order valence-corrected chi connectivity index (χ4v) is 2.12. The zero-order valence-electron chi connectivity index (χ0n) is 15.7. The predicted molar refractivity (Wildman–Crippen MR) is 102 cm³/mol. The number of ether oxygens (including phenoxy) is 1. The standard InChI is InChI=1S/C18H26ClN3O5/c1-18(2,3)27-9-8-14(16(24)25)22-15(23)11-21-17(26)20-10-12-4-6-13(19)7-5-12/h4-7,14H,8-11H2,1-3H3,(H,22,23)(H,24,25)(H2,20,21,26). The van der Waals surface area contributed by atoms with Crippen LogP contribution in [-0.4, -0.2) is 47.8 Å². The largest absolute Gasteiger partial charge is 0.480 e. The number of carbonyl (C=O) groups excluding carboxylic acids is 2. The number of halogens is 1. The number of amides is 3. The van der Waals surface area contributed by atoms with Crippen molar-refractivity contribution in [3.8, 4) is 0 Å². The van der Waals surface area contributed by atoms with Gasteiger partial charge in [0.25, 0.3) is 0 Å². The molecule has 1 aromatic carbocycles. The van der Waals surface area contributed by atoms with Gasteiger partial charge in [-0.15, -0.1) is 0 Å². The second kappa shape index (κ2) is 10.7. The van der Waals surface area contributed by atoms with Crippen LogP contribution in [0.2, 0.25) is 5.02 Å². The molecule has 8 nitrogen and oxygen atoms in total. The molecule has 0 aromatic heterocycles.